The first-order valence-corrected chi connectivity index (χ1v) is 15.3. The van der Waals surface area contributed by atoms with Gasteiger partial charge in [-0.25, -0.2) is 0 Å². The minimum Gasteiger partial charge on any atom is -0.305 e. The van der Waals surface area contributed by atoms with E-state index in [1.54, 1.807) is 0 Å². The molecule has 2 nitrogen and oxygen atoms in total. The first-order chi connectivity index (χ1) is 20.4. The van der Waals surface area contributed by atoms with E-state index >= 15 is 0 Å². The third-order valence-corrected chi connectivity index (χ3v) is 8.65. The summed E-state index contributed by atoms with van der Waals surface area (Å²) in [5.41, 5.74) is 10.7. The van der Waals surface area contributed by atoms with E-state index < -0.39 is 0 Å². The van der Waals surface area contributed by atoms with Crippen molar-refractivity contribution in [3.8, 4) is 22.5 Å². The van der Waals surface area contributed by atoms with Crippen molar-refractivity contribution in [2.45, 2.75) is 71.6 Å². The Bertz CT molecular complexity index is 1550. The van der Waals surface area contributed by atoms with Gasteiger partial charge in [-0.3, -0.25) is 0 Å². The molecule has 0 bridgehead atoms. The zero-order valence-corrected chi connectivity index (χ0v) is 28.3. The summed E-state index contributed by atoms with van der Waals surface area (Å²) in [7, 11) is 0. The van der Waals surface area contributed by atoms with Crippen LogP contribution < -0.4 is 0 Å². The minimum absolute atomic E-state index is 0. The minimum atomic E-state index is -0.0519. The maximum atomic E-state index is 4.57. The number of pyridine rings is 2. The first kappa shape index (κ1) is 32.5. The first-order valence-electron chi connectivity index (χ1n) is 15.3. The fourth-order valence-electron chi connectivity index (χ4n) is 5.84. The second kappa shape index (κ2) is 15.4. The largest absolute Gasteiger partial charge is 0.305 e. The van der Waals surface area contributed by atoms with E-state index in [-0.39, 0.29) is 25.5 Å². The molecule has 43 heavy (non-hydrogen) atoms. The van der Waals surface area contributed by atoms with Gasteiger partial charge in [0.2, 0.25) is 0 Å². The van der Waals surface area contributed by atoms with Gasteiger partial charge in [0.25, 0.3) is 0 Å². The Kier molecular flexibility index (Phi) is 11.6. The van der Waals surface area contributed by atoms with E-state index in [9.17, 15) is 0 Å². The molecular formula is C40H42IrN2-2. The molecule has 223 valence electrons. The smallest absolute Gasteiger partial charge is 0.0192 e. The molecule has 3 aromatic carbocycles. The monoisotopic (exact) mass is 743 g/mol. The molecule has 0 aliphatic heterocycles. The van der Waals surface area contributed by atoms with E-state index in [1.165, 1.54) is 66.3 Å². The average Bonchev–Trinajstić information content (AvgIpc) is 3.04. The summed E-state index contributed by atoms with van der Waals surface area (Å²) in [6.45, 7) is 8.76. The van der Waals surface area contributed by atoms with Gasteiger partial charge in [-0.15, -0.1) is 71.3 Å². The zero-order valence-electron chi connectivity index (χ0n) is 25.9. The molecule has 3 heteroatoms. The Morgan fingerprint density at radius 1 is 0.744 bits per heavy atom. The molecule has 6 rings (SSSR count). The summed E-state index contributed by atoms with van der Waals surface area (Å²) in [5.74, 6) is 0.873. The predicted octanol–water partition coefficient (Wildman–Crippen LogP) is 10.2. The Labute approximate surface area is 272 Å². The second-order valence-electron chi connectivity index (χ2n) is 12.2. The van der Waals surface area contributed by atoms with Gasteiger partial charge in [-0.05, 0) is 53.4 Å². The molecule has 2 heterocycles. The maximum absolute atomic E-state index is 4.57. The van der Waals surface area contributed by atoms with Gasteiger partial charge in [0, 0.05) is 37.9 Å². The number of rotatable bonds is 6. The Morgan fingerprint density at radius 3 is 2.16 bits per heavy atom. The van der Waals surface area contributed by atoms with Crippen molar-refractivity contribution in [3.05, 3.63) is 143 Å². The third kappa shape index (κ3) is 8.59. The fraction of sp³-hybridized carbons (Fsp3) is 0.300. The quantitative estimate of drug-likeness (QED) is 0.162. The second-order valence-corrected chi connectivity index (χ2v) is 12.2. The van der Waals surface area contributed by atoms with Crippen LogP contribution in [0.15, 0.2) is 103 Å². The summed E-state index contributed by atoms with van der Waals surface area (Å²) < 4.78 is 0. The number of hydrogen-bond acceptors (Lipinski definition) is 2. The van der Waals surface area contributed by atoms with Gasteiger partial charge >= 0.3 is 0 Å². The van der Waals surface area contributed by atoms with Gasteiger partial charge in [0.15, 0.2) is 0 Å². The Balaban J connectivity index is 0.000000193. The summed E-state index contributed by atoms with van der Waals surface area (Å²) in [4.78, 5) is 9.09. The van der Waals surface area contributed by atoms with Crippen molar-refractivity contribution in [2.24, 2.45) is 5.92 Å². The Morgan fingerprint density at radius 2 is 1.47 bits per heavy atom. The van der Waals surface area contributed by atoms with E-state index in [1.807, 2.05) is 36.7 Å². The van der Waals surface area contributed by atoms with Crippen LogP contribution >= 0.6 is 0 Å². The van der Waals surface area contributed by atoms with Crippen LogP contribution in [0.1, 0.15) is 73.8 Å². The molecule has 1 aliphatic rings. The van der Waals surface area contributed by atoms with Crippen molar-refractivity contribution in [1.82, 2.24) is 9.97 Å². The molecule has 5 aromatic rings. The van der Waals surface area contributed by atoms with Crippen molar-refractivity contribution in [3.63, 3.8) is 0 Å². The molecule has 0 saturated heterocycles. The van der Waals surface area contributed by atoms with Crippen LogP contribution in [-0.2, 0) is 31.9 Å². The summed E-state index contributed by atoms with van der Waals surface area (Å²) in [6.07, 6.45) is 12.2. The average molecular weight is 743 g/mol. The number of aromatic nitrogens is 2. The SMILES string of the molecule is Cc1c[c-]c(-c2cc(C(C)(C)c3ccccc3)ccn2)cc1.Cc1cnc(-c2[c-]cccc2)cc1CC1CCCCC1.[Ir]. The van der Waals surface area contributed by atoms with Gasteiger partial charge in [-0.2, -0.15) is 0 Å². The van der Waals surface area contributed by atoms with Crippen LogP contribution in [0.5, 0.6) is 0 Å². The molecule has 0 spiro atoms. The molecule has 0 atom stereocenters. The normalized spacial score (nSPS) is 13.4. The van der Waals surface area contributed by atoms with Gasteiger partial charge in [0.1, 0.15) is 0 Å². The Hall–Kier alpha value is -3.39. The molecule has 0 amide bonds. The topological polar surface area (TPSA) is 25.8 Å². The predicted molar refractivity (Wildman–Crippen MR) is 175 cm³/mol. The molecule has 1 fully saturated rings. The number of hydrogen-bond donors (Lipinski definition) is 0. The summed E-state index contributed by atoms with van der Waals surface area (Å²) in [6, 6.07) is 38.0. The van der Waals surface area contributed by atoms with Crippen LogP contribution in [0.4, 0.5) is 0 Å². The van der Waals surface area contributed by atoms with E-state index in [2.05, 4.69) is 117 Å². The van der Waals surface area contributed by atoms with Gasteiger partial charge in [-0.1, -0.05) is 101 Å². The molecule has 1 saturated carbocycles. The molecular weight excluding hydrogens is 701 g/mol. The molecule has 0 unspecified atom stereocenters. The van der Waals surface area contributed by atoms with Crippen LogP contribution in [0.2, 0.25) is 0 Å². The van der Waals surface area contributed by atoms with Gasteiger partial charge in [0.05, 0.1) is 0 Å². The van der Waals surface area contributed by atoms with E-state index in [0.717, 1.165) is 28.4 Å². The summed E-state index contributed by atoms with van der Waals surface area (Å²) >= 11 is 0. The van der Waals surface area contributed by atoms with Crippen molar-refractivity contribution in [1.29, 1.82) is 0 Å². The van der Waals surface area contributed by atoms with E-state index in [0.29, 0.717) is 0 Å². The molecule has 2 aromatic heterocycles. The van der Waals surface area contributed by atoms with Crippen molar-refractivity contribution < 1.29 is 20.1 Å². The van der Waals surface area contributed by atoms with Crippen LogP contribution in [0, 0.1) is 31.9 Å². The number of nitrogens with zero attached hydrogens (tertiary/aromatic N) is 2. The van der Waals surface area contributed by atoms with Crippen molar-refractivity contribution >= 4 is 0 Å². The number of benzene rings is 3. The van der Waals surface area contributed by atoms with Crippen LogP contribution in [-0.4, -0.2) is 9.97 Å². The fourth-order valence-corrected chi connectivity index (χ4v) is 5.84. The van der Waals surface area contributed by atoms with Crippen molar-refractivity contribution in [2.75, 3.05) is 0 Å². The molecule has 1 aliphatic carbocycles. The molecule has 0 N–H and O–H groups in total. The molecule has 1 radical (unpaired) electrons. The number of aryl methyl sites for hydroxylation is 2. The van der Waals surface area contributed by atoms with Crippen LogP contribution in [0.3, 0.4) is 0 Å². The van der Waals surface area contributed by atoms with Gasteiger partial charge < -0.3 is 9.97 Å². The van der Waals surface area contributed by atoms with Crippen LogP contribution in [0.25, 0.3) is 22.5 Å². The third-order valence-electron chi connectivity index (χ3n) is 8.65. The zero-order chi connectivity index (χ0) is 29.4. The van der Waals surface area contributed by atoms with E-state index in [4.69, 9.17) is 0 Å². The maximum Gasteiger partial charge on any atom is 0.0192 e. The standard InChI is InChI=1S/C21H20N.C19H22N.Ir/c1-16-9-11-17(12-10-16)20-15-19(13-14-22-20)21(2,3)18-7-5-4-6-8-18;1-15-14-20-19(17-10-6-3-7-11-17)13-18(15)12-16-8-4-2-5-9-16;/h4-11,13-15H,1-3H3;3,6-7,10,13-14,16H,2,4-5,8-9,12H2,1H3;/q2*-1;. The summed E-state index contributed by atoms with van der Waals surface area (Å²) in [5, 5.41) is 0.